The Morgan fingerprint density at radius 2 is 1.53 bits per heavy atom. The van der Waals surface area contributed by atoms with Crippen LogP contribution in [0.3, 0.4) is 0 Å². The van der Waals surface area contributed by atoms with Gasteiger partial charge in [-0.3, -0.25) is 4.98 Å². The molecule has 0 amide bonds. The van der Waals surface area contributed by atoms with E-state index in [2.05, 4.69) is 4.98 Å². The Morgan fingerprint density at radius 1 is 1.07 bits per heavy atom. The molecule has 0 radical (unpaired) electrons. The van der Waals surface area contributed by atoms with Gasteiger partial charge in [0.1, 0.15) is 6.04 Å². The molecule has 1 atom stereocenters. The van der Waals surface area contributed by atoms with Crippen LogP contribution in [0.4, 0.5) is 22.0 Å². The van der Waals surface area contributed by atoms with Gasteiger partial charge in [-0.2, -0.15) is 22.0 Å². The van der Waals surface area contributed by atoms with E-state index in [1.165, 1.54) is 0 Å². The van der Waals surface area contributed by atoms with E-state index in [4.69, 9.17) is 5.73 Å². The Hall–Kier alpha value is -1.24. The maximum absolute atomic E-state index is 12.7. The van der Waals surface area contributed by atoms with E-state index in [0.717, 1.165) is 24.5 Å². The van der Waals surface area contributed by atoms with Gasteiger partial charge in [0.05, 0.1) is 0 Å². The zero-order valence-corrected chi connectivity index (χ0v) is 7.30. The molecule has 1 rings (SSSR count). The highest BCUT2D eigenvalue weighted by Gasteiger charge is 2.61. The van der Waals surface area contributed by atoms with Gasteiger partial charge in [-0.25, -0.2) is 0 Å². The molecule has 0 bridgehead atoms. The van der Waals surface area contributed by atoms with E-state index in [-0.39, 0.29) is 5.56 Å². The molecule has 0 aliphatic carbocycles. The van der Waals surface area contributed by atoms with Crippen molar-refractivity contribution in [1.82, 2.24) is 4.98 Å². The van der Waals surface area contributed by atoms with E-state index >= 15 is 0 Å². The summed E-state index contributed by atoms with van der Waals surface area (Å²) in [5.41, 5.74) is 4.55. The lowest BCUT2D eigenvalue weighted by molar-refractivity contribution is -0.291. The molecule has 0 unspecified atom stereocenters. The molecule has 0 saturated carbocycles. The third-order valence-corrected chi connectivity index (χ3v) is 1.83. The van der Waals surface area contributed by atoms with Crippen LogP contribution in [0.5, 0.6) is 0 Å². The summed E-state index contributed by atoms with van der Waals surface area (Å²) in [6.45, 7) is 0. The van der Waals surface area contributed by atoms with E-state index in [1.54, 1.807) is 0 Å². The van der Waals surface area contributed by atoms with Gasteiger partial charge < -0.3 is 5.73 Å². The highest BCUT2D eigenvalue weighted by atomic mass is 19.4. The third kappa shape index (κ3) is 2.23. The summed E-state index contributed by atoms with van der Waals surface area (Å²) < 4.78 is 61.3. The highest BCUT2D eigenvalue weighted by molar-refractivity contribution is 5.18. The van der Waals surface area contributed by atoms with Crippen LogP contribution < -0.4 is 5.73 Å². The fourth-order valence-electron chi connectivity index (χ4n) is 0.956. The molecule has 0 spiro atoms. The maximum Gasteiger partial charge on any atom is 0.455 e. The van der Waals surface area contributed by atoms with Crippen molar-refractivity contribution in [3.63, 3.8) is 0 Å². The van der Waals surface area contributed by atoms with Gasteiger partial charge in [-0.15, -0.1) is 0 Å². The summed E-state index contributed by atoms with van der Waals surface area (Å²) in [5.74, 6) is -4.95. The summed E-state index contributed by atoms with van der Waals surface area (Å²) in [6, 6.07) is -0.380. The van der Waals surface area contributed by atoms with Crippen LogP contribution in [0.15, 0.2) is 24.5 Å². The lowest BCUT2D eigenvalue weighted by Gasteiger charge is -2.25. The Balaban J connectivity index is 3.00. The van der Waals surface area contributed by atoms with Gasteiger partial charge in [0, 0.05) is 12.4 Å². The largest absolute Gasteiger partial charge is 0.455 e. The monoisotopic (exact) mass is 226 g/mol. The first-order valence-corrected chi connectivity index (χ1v) is 3.87. The fraction of sp³-hybridized carbons (Fsp3) is 0.375. The molecule has 2 N–H and O–H groups in total. The zero-order chi connectivity index (χ0) is 11.7. The molecule has 0 saturated heterocycles. The minimum Gasteiger partial charge on any atom is -0.319 e. The van der Waals surface area contributed by atoms with Crippen molar-refractivity contribution in [3.8, 4) is 0 Å². The number of halogens is 5. The average Bonchev–Trinajstić information content (AvgIpc) is 2.16. The van der Waals surface area contributed by atoms with Gasteiger partial charge in [-0.05, 0) is 17.7 Å². The van der Waals surface area contributed by atoms with Crippen LogP contribution in [-0.2, 0) is 0 Å². The molecular weight excluding hydrogens is 219 g/mol. The minimum atomic E-state index is -5.66. The van der Waals surface area contributed by atoms with Gasteiger partial charge in [0.2, 0.25) is 0 Å². The molecule has 0 fully saturated rings. The number of rotatable bonds is 2. The van der Waals surface area contributed by atoms with Crippen molar-refractivity contribution in [2.45, 2.75) is 18.1 Å². The molecule has 0 aliphatic heterocycles. The van der Waals surface area contributed by atoms with Crippen molar-refractivity contribution in [3.05, 3.63) is 30.1 Å². The van der Waals surface area contributed by atoms with E-state index < -0.39 is 18.1 Å². The average molecular weight is 226 g/mol. The first kappa shape index (κ1) is 11.8. The topological polar surface area (TPSA) is 38.9 Å². The number of alkyl halides is 5. The molecule has 84 valence electrons. The summed E-state index contributed by atoms with van der Waals surface area (Å²) in [7, 11) is 0. The Morgan fingerprint density at radius 3 is 1.93 bits per heavy atom. The van der Waals surface area contributed by atoms with Crippen LogP contribution in [0.2, 0.25) is 0 Å². The summed E-state index contributed by atoms with van der Waals surface area (Å²) in [4.78, 5) is 3.49. The molecule has 1 aromatic heterocycles. The Labute approximate surface area is 81.9 Å². The lowest BCUT2D eigenvalue weighted by atomic mass is 10.0. The standard InChI is InChI=1S/C8H7F5N2/c9-7(10,8(11,12)13)6(14)5-1-3-15-4-2-5/h1-4,6H,14H2/t6-/m1/s1. The van der Waals surface area contributed by atoms with Crippen molar-refractivity contribution in [2.24, 2.45) is 5.73 Å². The third-order valence-electron chi connectivity index (χ3n) is 1.83. The molecule has 15 heavy (non-hydrogen) atoms. The van der Waals surface area contributed by atoms with Crippen LogP contribution in [0, 0.1) is 0 Å². The molecule has 0 aliphatic rings. The number of hydrogen-bond acceptors (Lipinski definition) is 2. The summed E-state index contributed by atoms with van der Waals surface area (Å²) >= 11 is 0. The van der Waals surface area contributed by atoms with Crippen LogP contribution in [0.1, 0.15) is 11.6 Å². The normalized spacial score (nSPS) is 15.1. The van der Waals surface area contributed by atoms with Gasteiger partial charge in [0.15, 0.2) is 0 Å². The predicted octanol–water partition coefficient (Wildman–Crippen LogP) is 2.28. The number of pyridine rings is 1. The maximum atomic E-state index is 12.7. The molecular formula is C8H7F5N2. The first-order valence-electron chi connectivity index (χ1n) is 3.87. The Kier molecular flexibility index (Phi) is 2.94. The number of hydrogen-bond donors (Lipinski definition) is 1. The van der Waals surface area contributed by atoms with Crippen LogP contribution in [0.25, 0.3) is 0 Å². The molecule has 1 aromatic rings. The van der Waals surface area contributed by atoms with Crippen LogP contribution in [-0.4, -0.2) is 17.1 Å². The lowest BCUT2D eigenvalue weighted by Crippen LogP contribution is -2.45. The highest BCUT2D eigenvalue weighted by Crippen LogP contribution is 2.42. The SMILES string of the molecule is N[C@H](c1ccncc1)C(F)(F)C(F)(F)F. The van der Waals surface area contributed by atoms with Gasteiger partial charge in [-0.1, -0.05) is 0 Å². The van der Waals surface area contributed by atoms with E-state index in [1.807, 2.05) is 0 Å². The number of aromatic nitrogens is 1. The first-order chi connectivity index (χ1) is 6.77. The quantitative estimate of drug-likeness (QED) is 0.785. The minimum absolute atomic E-state index is 0.313. The summed E-state index contributed by atoms with van der Waals surface area (Å²) in [6.07, 6.45) is -3.46. The number of nitrogens with two attached hydrogens (primary N) is 1. The van der Waals surface area contributed by atoms with E-state index in [9.17, 15) is 22.0 Å². The van der Waals surface area contributed by atoms with E-state index in [0.29, 0.717) is 0 Å². The van der Waals surface area contributed by atoms with Crippen molar-refractivity contribution < 1.29 is 22.0 Å². The second kappa shape index (κ2) is 3.73. The number of nitrogens with zero attached hydrogens (tertiary/aromatic N) is 1. The zero-order valence-electron chi connectivity index (χ0n) is 7.30. The smallest absolute Gasteiger partial charge is 0.319 e. The van der Waals surface area contributed by atoms with Crippen LogP contribution >= 0.6 is 0 Å². The predicted molar refractivity (Wildman–Crippen MR) is 42.2 cm³/mol. The van der Waals surface area contributed by atoms with Crippen molar-refractivity contribution in [2.75, 3.05) is 0 Å². The summed E-state index contributed by atoms with van der Waals surface area (Å²) in [5, 5.41) is 0. The van der Waals surface area contributed by atoms with Gasteiger partial charge >= 0.3 is 12.1 Å². The van der Waals surface area contributed by atoms with Crippen molar-refractivity contribution >= 4 is 0 Å². The van der Waals surface area contributed by atoms with Gasteiger partial charge in [0.25, 0.3) is 0 Å². The second-order valence-electron chi connectivity index (χ2n) is 2.88. The molecule has 2 nitrogen and oxygen atoms in total. The molecule has 0 aromatic carbocycles. The van der Waals surface area contributed by atoms with Crippen molar-refractivity contribution in [1.29, 1.82) is 0 Å². The molecule has 1 heterocycles. The second-order valence-corrected chi connectivity index (χ2v) is 2.88. The molecule has 7 heteroatoms. The Bertz CT molecular complexity index is 322. The fourth-order valence-corrected chi connectivity index (χ4v) is 0.956.